The molecule has 0 unspecified atom stereocenters. The molecule has 0 saturated carbocycles. The van der Waals surface area contributed by atoms with Crippen LogP contribution in [0.5, 0.6) is 0 Å². The van der Waals surface area contributed by atoms with Gasteiger partial charge in [-0.3, -0.25) is 0 Å². The van der Waals surface area contributed by atoms with Crippen LogP contribution in [0, 0.1) is 6.92 Å². The molecule has 1 aromatic heterocycles. The number of hydrogen-bond acceptors (Lipinski definition) is 4. The van der Waals surface area contributed by atoms with Gasteiger partial charge in [0.15, 0.2) is 5.82 Å². The third kappa shape index (κ3) is 2.35. The Labute approximate surface area is 84.7 Å². The molecule has 0 amide bonds. The number of nitrogens with zero attached hydrogens (tertiary/aromatic N) is 2. The summed E-state index contributed by atoms with van der Waals surface area (Å²) in [6.07, 6.45) is 1.77. The van der Waals surface area contributed by atoms with Crippen LogP contribution in [0.3, 0.4) is 0 Å². The Morgan fingerprint density at radius 1 is 1.57 bits per heavy atom. The molecule has 0 spiro atoms. The minimum atomic E-state index is 0.672. The Bertz CT molecular complexity index is 301. The van der Waals surface area contributed by atoms with Gasteiger partial charge in [0.2, 0.25) is 0 Å². The Morgan fingerprint density at radius 3 is 2.93 bits per heavy atom. The summed E-state index contributed by atoms with van der Waals surface area (Å²) < 4.78 is 4.99. The third-order valence-corrected chi connectivity index (χ3v) is 2.18. The van der Waals surface area contributed by atoms with Crippen molar-refractivity contribution in [1.82, 2.24) is 4.98 Å². The lowest BCUT2D eigenvalue weighted by Crippen LogP contribution is -2.24. The van der Waals surface area contributed by atoms with E-state index in [1.165, 1.54) is 0 Å². The Kier molecular flexibility index (Phi) is 3.71. The van der Waals surface area contributed by atoms with Crippen molar-refractivity contribution in [3.8, 4) is 0 Å². The summed E-state index contributed by atoms with van der Waals surface area (Å²) in [5.41, 5.74) is 7.71. The monoisotopic (exact) mass is 195 g/mol. The zero-order chi connectivity index (χ0) is 10.6. The Morgan fingerprint density at radius 2 is 2.29 bits per heavy atom. The van der Waals surface area contributed by atoms with Gasteiger partial charge in [-0.2, -0.15) is 0 Å². The first-order valence-electron chi connectivity index (χ1n) is 4.58. The molecule has 1 heterocycles. The fourth-order valence-electron chi connectivity index (χ4n) is 1.19. The summed E-state index contributed by atoms with van der Waals surface area (Å²) in [6, 6.07) is 1.91. The maximum Gasteiger partial charge on any atom is 0.151 e. The lowest BCUT2D eigenvalue weighted by Gasteiger charge is -2.19. The van der Waals surface area contributed by atoms with Gasteiger partial charge in [-0.05, 0) is 18.6 Å². The maximum absolute atomic E-state index is 5.91. The zero-order valence-corrected chi connectivity index (χ0v) is 8.95. The van der Waals surface area contributed by atoms with Gasteiger partial charge in [0, 0.05) is 26.9 Å². The lowest BCUT2D eigenvalue weighted by molar-refractivity contribution is 0.206. The number of aromatic nitrogens is 1. The number of likely N-dealkylation sites (N-methyl/N-ethyl adjacent to an activating group) is 1. The molecular formula is C10H17N3O. The molecule has 4 heteroatoms. The van der Waals surface area contributed by atoms with Gasteiger partial charge in [0.25, 0.3) is 0 Å². The van der Waals surface area contributed by atoms with E-state index in [2.05, 4.69) is 4.98 Å². The van der Waals surface area contributed by atoms with Gasteiger partial charge in [-0.25, -0.2) is 4.98 Å². The van der Waals surface area contributed by atoms with Crippen molar-refractivity contribution in [2.24, 2.45) is 0 Å². The van der Waals surface area contributed by atoms with E-state index < -0.39 is 0 Å². The molecule has 0 saturated heterocycles. The molecule has 0 atom stereocenters. The van der Waals surface area contributed by atoms with Crippen LogP contribution in [0.1, 0.15) is 5.56 Å². The number of nitrogens with two attached hydrogens (primary N) is 1. The molecule has 0 aliphatic heterocycles. The molecule has 1 rings (SSSR count). The molecule has 4 nitrogen and oxygen atoms in total. The van der Waals surface area contributed by atoms with E-state index in [-0.39, 0.29) is 0 Å². The topological polar surface area (TPSA) is 51.4 Å². The van der Waals surface area contributed by atoms with Crippen molar-refractivity contribution >= 4 is 11.5 Å². The number of methoxy groups -OCH3 is 1. The minimum Gasteiger partial charge on any atom is -0.396 e. The number of anilines is 2. The van der Waals surface area contributed by atoms with Gasteiger partial charge in [-0.1, -0.05) is 0 Å². The lowest BCUT2D eigenvalue weighted by atomic mass is 10.2. The maximum atomic E-state index is 5.91. The fourth-order valence-corrected chi connectivity index (χ4v) is 1.19. The molecule has 0 aromatic carbocycles. The molecular weight excluding hydrogens is 178 g/mol. The number of rotatable bonds is 4. The van der Waals surface area contributed by atoms with E-state index in [4.69, 9.17) is 10.5 Å². The van der Waals surface area contributed by atoms with E-state index in [1.54, 1.807) is 13.3 Å². The predicted molar refractivity (Wildman–Crippen MR) is 58.5 cm³/mol. The molecule has 0 fully saturated rings. The molecule has 0 radical (unpaired) electrons. The van der Waals surface area contributed by atoms with E-state index in [9.17, 15) is 0 Å². The van der Waals surface area contributed by atoms with Crippen LogP contribution in [0.2, 0.25) is 0 Å². The van der Waals surface area contributed by atoms with Gasteiger partial charge < -0.3 is 15.4 Å². The summed E-state index contributed by atoms with van der Waals surface area (Å²) in [5, 5.41) is 0. The zero-order valence-electron chi connectivity index (χ0n) is 8.95. The second-order valence-electron chi connectivity index (χ2n) is 3.28. The van der Waals surface area contributed by atoms with Crippen LogP contribution in [0.15, 0.2) is 12.3 Å². The Balaban J connectivity index is 2.79. The van der Waals surface area contributed by atoms with Crippen molar-refractivity contribution in [2.75, 3.05) is 37.9 Å². The van der Waals surface area contributed by atoms with E-state index in [1.807, 2.05) is 24.9 Å². The first-order chi connectivity index (χ1) is 6.66. The van der Waals surface area contributed by atoms with Crippen LogP contribution in [-0.4, -0.2) is 32.3 Å². The highest BCUT2D eigenvalue weighted by atomic mass is 16.5. The summed E-state index contributed by atoms with van der Waals surface area (Å²) in [6.45, 7) is 3.44. The van der Waals surface area contributed by atoms with Crippen LogP contribution >= 0.6 is 0 Å². The normalized spacial score (nSPS) is 10.2. The smallest absolute Gasteiger partial charge is 0.151 e. The number of aryl methyl sites for hydroxylation is 1. The van der Waals surface area contributed by atoms with Crippen molar-refractivity contribution in [3.05, 3.63) is 17.8 Å². The van der Waals surface area contributed by atoms with Crippen molar-refractivity contribution < 1.29 is 4.74 Å². The van der Waals surface area contributed by atoms with Crippen molar-refractivity contribution in [2.45, 2.75) is 6.92 Å². The quantitative estimate of drug-likeness (QED) is 0.780. The predicted octanol–water partition coefficient (Wildman–Crippen LogP) is 1.05. The van der Waals surface area contributed by atoms with Gasteiger partial charge >= 0.3 is 0 Å². The van der Waals surface area contributed by atoms with Gasteiger partial charge in [0.1, 0.15) is 0 Å². The first-order valence-corrected chi connectivity index (χ1v) is 4.58. The SMILES string of the molecule is COCCN(C)c1nccc(C)c1N. The summed E-state index contributed by atoms with van der Waals surface area (Å²) in [7, 11) is 3.64. The average Bonchev–Trinajstić information content (AvgIpc) is 2.18. The standard InChI is InChI=1S/C10H17N3O/c1-8-4-5-12-10(9(8)11)13(2)6-7-14-3/h4-5H,6-7,11H2,1-3H3. The van der Waals surface area contributed by atoms with Gasteiger partial charge in [-0.15, -0.1) is 0 Å². The van der Waals surface area contributed by atoms with Crippen molar-refractivity contribution in [3.63, 3.8) is 0 Å². The molecule has 0 aliphatic rings. The van der Waals surface area contributed by atoms with Crippen LogP contribution < -0.4 is 10.6 Å². The molecule has 0 bridgehead atoms. The first kappa shape index (κ1) is 10.8. The van der Waals surface area contributed by atoms with Crippen molar-refractivity contribution in [1.29, 1.82) is 0 Å². The molecule has 1 aromatic rings. The Hall–Kier alpha value is -1.29. The van der Waals surface area contributed by atoms with E-state index in [0.29, 0.717) is 6.61 Å². The number of nitrogen functional groups attached to an aromatic ring is 1. The second-order valence-corrected chi connectivity index (χ2v) is 3.28. The molecule has 2 N–H and O–H groups in total. The summed E-state index contributed by atoms with van der Waals surface area (Å²) in [4.78, 5) is 6.23. The average molecular weight is 195 g/mol. The second kappa shape index (κ2) is 4.81. The van der Waals surface area contributed by atoms with Gasteiger partial charge in [0.05, 0.1) is 12.3 Å². The number of pyridine rings is 1. The highest BCUT2D eigenvalue weighted by Crippen LogP contribution is 2.21. The molecule has 14 heavy (non-hydrogen) atoms. The minimum absolute atomic E-state index is 0.672. The highest BCUT2D eigenvalue weighted by molar-refractivity contribution is 5.65. The number of hydrogen-bond donors (Lipinski definition) is 1. The largest absolute Gasteiger partial charge is 0.396 e. The van der Waals surface area contributed by atoms with Crippen LogP contribution in [0.25, 0.3) is 0 Å². The molecule has 78 valence electrons. The van der Waals surface area contributed by atoms with Crippen LogP contribution in [0.4, 0.5) is 11.5 Å². The van der Waals surface area contributed by atoms with Crippen LogP contribution in [-0.2, 0) is 4.74 Å². The summed E-state index contributed by atoms with van der Waals surface area (Å²) >= 11 is 0. The summed E-state index contributed by atoms with van der Waals surface area (Å²) in [5.74, 6) is 0.821. The molecule has 0 aliphatic carbocycles. The highest BCUT2D eigenvalue weighted by Gasteiger charge is 2.07. The van der Waals surface area contributed by atoms with E-state index >= 15 is 0 Å². The third-order valence-electron chi connectivity index (χ3n) is 2.18. The number of ether oxygens (including phenoxy) is 1. The fraction of sp³-hybridized carbons (Fsp3) is 0.500. The van der Waals surface area contributed by atoms with E-state index in [0.717, 1.165) is 23.6 Å².